The van der Waals surface area contributed by atoms with Crippen molar-refractivity contribution in [3.05, 3.63) is 47.0 Å². The molecule has 0 atom stereocenters. The van der Waals surface area contributed by atoms with Crippen LogP contribution in [0.5, 0.6) is 0 Å². The number of nitrogens with zero attached hydrogens (tertiary/aromatic N) is 1. The molecule has 0 radical (unpaired) electrons. The smallest absolute Gasteiger partial charge is 0.129 e. The van der Waals surface area contributed by atoms with E-state index in [2.05, 4.69) is 10.3 Å². The van der Waals surface area contributed by atoms with Crippen LogP contribution < -0.4 is 5.32 Å². The van der Waals surface area contributed by atoms with E-state index in [9.17, 15) is 4.39 Å². The molecule has 0 aliphatic rings. The van der Waals surface area contributed by atoms with Crippen molar-refractivity contribution in [1.82, 2.24) is 4.98 Å². The van der Waals surface area contributed by atoms with Gasteiger partial charge in [0.05, 0.1) is 11.9 Å². The molecule has 0 fully saturated rings. The number of pyridine rings is 1. The molecule has 0 aliphatic heterocycles. The Morgan fingerprint density at radius 2 is 2.06 bits per heavy atom. The average Bonchev–Trinajstić information content (AvgIpc) is 2.33. The van der Waals surface area contributed by atoms with Crippen LogP contribution in [0.1, 0.15) is 5.56 Å². The number of nitrogens with one attached hydrogen (secondary N) is 1. The topological polar surface area (TPSA) is 24.9 Å². The largest absolute Gasteiger partial charge is 0.386 e. The van der Waals surface area contributed by atoms with Crippen molar-refractivity contribution in [3.63, 3.8) is 0 Å². The molecule has 4 heteroatoms. The lowest BCUT2D eigenvalue weighted by Crippen LogP contribution is -1.96. The second-order valence-corrected chi connectivity index (χ2v) is 4.10. The number of hydrogen-bond donors (Lipinski definition) is 1. The molecule has 0 aliphatic carbocycles. The monoisotopic (exact) mass is 250 g/mol. The summed E-state index contributed by atoms with van der Waals surface area (Å²) < 4.78 is 13.5. The quantitative estimate of drug-likeness (QED) is 0.818. The molecule has 0 saturated heterocycles. The van der Waals surface area contributed by atoms with Crippen molar-refractivity contribution < 1.29 is 4.39 Å². The van der Waals surface area contributed by atoms with Gasteiger partial charge in [-0.25, -0.2) is 9.37 Å². The van der Waals surface area contributed by atoms with Gasteiger partial charge >= 0.3 is 0 Å². The minimum atomic E-state index is -0.225. The van der Waals surface area contributed by atoms with Gasteiger partial charge in [-0.3, -0.25) is 0 Å². The van der Waals surface area contributed by atoms with Crippen molar-refractivity contribution in [2.75, 3.05) is 12.4 Å². The second kappa shape index (κ2) is 4.72. The predicted molar refractivity (Wildman–Crippen MR) is 68.9 cm³/mol. The minimum absolute atomic E-state index is 0.225. The zero-order chi connectivity index (χ0) is 12.4. The number of anilines is 1. The maximum Gasteiger partial charge on any atom is 0.129 e. The van der Waals surface area contributed by atoms with Gasteiger partial charge in [0.15, 0.2) is 0 Å². The first-order valence-electron chi connectivity index (χ1n) is 5.22. The zero-order valence-corrected chi connectivity index (χ0v) is 10.3. The van der Waals surface area contributed by atoms with Crippen LogP contribution in [0.25, 0.3) is 11.1 Å². The van der Waals surface area contributed by atoms with E-state index in [1.165, 1.54) is 6.07 Å². The Labute approximate surface area is 104 Å². The Morgan fingerprint density at radius 1 is 1.29 bits per heavy atom. The van der Waals surface area contributed by atoms with E-state index < -0.39 is 0 Å². The molecule has 0 saturated carbocycles. The van der Waals surface area contributed by atoms with Gasteiger partial charge < -0.3 is 5.32 Å². The number of rotatable bonds is 2. The second-order valence-electron chi connectivity index (χ2n) is 3.72. The summed E-state index contributed by atoms with van der Waals surface area (Å²) in [6, 6.07) is 6.73. The molecule has 0 unspecified atom stereocenters. The van der Waals surface area contributed by atoms with Crippen molar-refractivity contribution in [2.45, 2.75) is 6.92 Å². The highest BCUT2D eigenvalue weighted by molar-refractivity contribution is 6.29. The predicted octanol–water partition coefficient (Wildman–Crippen LogP) is 3.89. The molecule has 17 heavy (non-hydrogen) atoms. The highest BCUT2D eigenvalue weighted by Gasteiger charge is 2.10. The van der Waals surface area contributed by atoms with Gasteiger partial charge in [-0.1, -0.05) is 23.7 Å². The van der Waals surface area contributed by atoms with Gasteiger partial charge in [0.2, 0.25) is 0 Å². The van der Waals surface area contributed by atoms with Crippen LogP contribution >= 0.6 is 11.6 Å². The van der Waals surface area contributed by atoms with Crippen LogP contribution in [-0.4, -0.2) is 12.0 Å². The molecule has 1 aromatic heterocycles. The summed E-state index contributed by atoms with van der Waals surface area (Å²) in [5, 5.41) is 3.42. The molecule has 1 aromatic carbocycles. The summed E-state index contributed by atoms with van der Waals surface area (Å²) in [5.41, 5.74) is 3.09. The summed E-state index contributed by atoms with van der Waals surface area (Å²) in [6.45, 7) is 1.75. The molecular weight excluding hydrogens is 239 g/mol. The van der Waals surface area contributed by atoms with Gasteiger partial charge in [-0.15, -0.1) is 0 Å². The van der Waals surface area contributed by atoms with E-state index in [4.69, 9.17) is 11.6 Å². The molecule has 1 heterocycles. The van der Waals surface area contributed by atoms with Gasteiger partial charge in [0, 0.05) is 12.6 Å². The summed E-state index contributed by atoms with van der Waals surface area (Å²) >= 11 is 5.88. The number of halogens is 2. The SMILES string of the molecule is CNc1cnc(Cl)cc1-c1cccc(F)c1C. The van der Waals surface area contributed by atoms with Gasteiger partial charge in [-0.2, -0.15) is 0 Å². The third kappa shape index (κ3) is 2.24. The van der Waals surface area contributed by atoms with Gasteiger partial charge in [-0.05, 0) is 30.2 Å². The van der Waals surface area contributed by atoms with Crippen molar-refractivity contribution >= 4 is 17.3 Å². The van der Waals surface area contributed by atoms with E-state index in [1.54, 1.807) is 32.3 Å². The first-order chi connectivity index (χ1) is 8.13. The maximum atomic E-state index is 13.5. The third-order valence-corrected chi connectivity index (χ3v) is 2.90. The van der Waals surface area contributed by atoms with E-state index in [-0.39, 0.29) is 5.82 Å². The number of benzene rings is 1. The fourth-order valence-corrected chi connectivity index (χ4v) is 1.91. The summed E-state index contributed by atoms with van der Waals surface area (Å²) in [7, 11) is 1.79. The van der Waals surface area contributed by atoms with E-state index in [1.807, 2.05) is 6.07 Å². The summed E-state index contributed by atoms with van der Waals surface area (Å²) in [5.74, 6) is -0.225. The van der Waals surface area contributed by atoms with E-state index in [0.717, 1.165) is 16.8 Å². The Balaban J connectivity index is 2.67. The highest BCUT2D eigenvalue weighted by atomic mass is 35.5. The van der Waals surface area contributed by atoms with Crippen LogP contribution in [0.4, 0.5) is 10.1 Å². The summed E-state index contributed by atoms with van der Waals surface area (Å²) in [6.07, 6.45) is 1.64. The van der Waals surface area contributed by atoms with Crippen LogP contribution in [0.15, 0.2) is 30.5 Å². The highest BCUT2D eigenvalue weighted by Crippen LogP contribution is 2.32. The van der Waals surface area contributed by atoms with Crippen LogP contribution in [0.3, 0.4) is 0 Å². The molecule has 0 bridgehead atoms. The van der Waals surface area contributed by atoms with Crippen LogP contribution in [0.2, 0.25) is 5.15 Å². The number of hydrogen-bond acceptors (Lipinski definition) is 2. The molecule has 1 N–H and O–H groups in total. The molecule has 2 nitrogen and oxygen atoms in total. The average molecular weight is 251 g/mol. The lowest BCUT2D eigenvalue weighted by molar-refractivity contribution is 0.619. The molecule has 0 spiro atoms. The minimum Gasteiger partial charge on any atom is -0.386 e. The third-order valence-electron chi connectivity index (χ3n) is 2.70. The zero-order valence-electron chi connectivity index (χ0n) is 9.59. The van der Waals surface area contributed by atoms with Crippen molar-refractivity contribution in [2.24, 2.45) is 0 Å². The summed E-state index contributed by atoms with van der Waals surface area (Å²) in [4.78, 5) is 4.00. The maximum absolute atomic E-state index is 13.5. The lowest BCUT2D eigenvalue weighted by Gasteiger charge is -2.12. The normalized spacial score (nSPS) is 10.4. The van der Waals surface area contributed by atoms with E-state index in [0.29, 0.717) is 10.7 Å². The molecular formula is C13H12ClFN2. The molecule has 2 aromatic rings. The first-order valence-corrected chi connectivity index (χ1v) is 5.60. The molecule has 2 rings (SSSR count). The Hall–Kier alpha value is -1.61. The fourth-order valence-electron chi connectivity index (χ4n) is 1.75. The lowest BCUT2D eigenvalue weighted by atomic mass is 10.00. The van der Waals surface area contributed by atoms with E-state index >= 15 is 0 Å². The Bertz CT molecular complexity index is 555. The molecule has 0 amide bonds. The van der Waals surface area contributed by atoms with Crippen LogP contribution in [-0.2, 0) is 0 Å². The Morgan fingerprint density at radius 3 is 2.76 bits per heavy atom. The first kappa shape index (κ1) is 11.9. The fraction of sp³-hybridized carbons (Fsp3) is 0.154. The van der Waals surface area contributed by atoms with Gasteiger partial charge in [0.25, 0.3) is 0 Å². The van der Waals surface area contributed by atoms with Crippen molar-refractivity contribution in [1.29, 1.82) is 0 Å². The van der Waals surface area contributed by atoms with Crippen molar-refractivity contribution in [3.8, 4) is 11.1 Å². The molecule has 88 valence electrons. The van der Waals surface area contributed by atoms with Gasteiger partial charge in [0.1, 0.15) is 11.0 Å². The Kier molecular flexibility index (Phi) is 3.29. The standard InChI is InChI=1S/C13H12ClFN2/c1-8-9(4-3-5-11(8)15)10-6-13(14)17-7-12(10)16-2/h3-7,16H,1-2H3. The van der Waals surface area contributed by atoms with Crippen LogP contribution in [0, 0.1) is 12.7 Å². The number of aromatic nitrogens is 1.